The van der Waals surface area contributed by atoms with Crippen LogP contribution in [0.5, 0.6) is 0 Å². The Morgan fingerprint density at radius 2 is 2.14 bits per heavy atom. The molecule has 1 aliphatic heterocycles. The van der Waals surface area contributed by atoms with Crippen molar-refractivity contribution in [3.05, 3.63) is 12.2 Å². The Hall–Kier alpha value is -1.32. The summed E-state index contributed by atoms with van der Waals surface area (Å²) in [6, 6.07) is -0.669. The van der Waals surface area contributed by atoms with E-state index in [1.54, 1.807) is 12.2 Å². The van der Waals surface area contributed by atoms with Crippen molar-refractivity contribution >= 4 is 12.4 Å². The molecule has 1 atom stereocenters. The number of carbonyl (C=O) groups is 2. The van der Waals surface area contributed by atoms with Crippen LogP contribution in [0.15, 0.2) is 12.2 Å². The molecule has 0 fully saturated rings. The summed E-state index contributed by atoms with van der Waals surface area (Å²) in [4.78, 5) is 22.1. The molecule has 1 heterocycles. The molecule has 1 N–H and O–H groups in total. The first-order valence-corrected chi connectivity index (χ1v) is 4.76. The SMILES string of the molecule is CCC.O=CN1CC=CC[C@@H]1C(=O)O. The summed E-state index contributed by atoms with van der Waals surface area (Å²) in [7, 11) is 0. The Balaban J connectivity index is 0.000000500. The fraction of sp³-hybridized carbons (Fsp3) is 0.600. The minimum atomic E-state index is -0.943. The average molecular weight is 199 g/mol. The Bertz CT molecular complexity index is 213. The van der Waals surface area contributed by atoms with Gasteiger partial charge in [0.15, 0.2) is 0 Å². The molecule has 14 heavy (non-hydrogen) atoms. The van der Waals surface area contributed by atoms with Crippen molar-refractivity contribution in [1.82, 2.24) is 4.90 Å². The highest BCUT2D eigenvalue weighted by molar-refractivity contribution is 5.76. The summed E-state index contributed by atoms with van der Waals surface area (Å²) >= 11 is 0. The maximum atomic E-state index is 10.5. The Morgan fingerprint density at radius 3 is 2.50 bits per heavy atom. The summed E-state index contributed by atoms with van der Waals surface area (Å²) in [5.74, 6) is -0.943. The first-order chi connectivity index (χ1) is 6.67. The van der Waals surface area contributed by atoms with E-state index in [-0.39, 0.29) is 0 Å². The van der Waals surface area contributed by atoms with Crippen molar-refractivity contribution in [3.8, 4) is 0 Å². The fourth-order valence-corrected chi connectivity index (χ4v) is 1.04. The monoisotopic (exact) mass is 199 g/mol. The predicted molar refractivity (Wildman–Crippen MR) is 53.9 cm³/mol. The zero-order valence-corrected chi connectivity index (χ0v) is 8.64. The zero-order valence-electron chi connectivity index (χ0n) is 8.64. The fourth-order valence-electron chi connectivity index (χ4n) is 1.04. The van der Waals surface area contributed by atoms with E-state index in [4.69, 9.17) is 5.11 Å². The number of amides is 1. The number of hydrogen-bond donors (Lipinski definition) is 1. The van der Waals surface area contributed by atoms with Gasteiger partial charge in [0, 0.05) is 6.54 Å². The van der Waals surface area contributed by atoms with Crippen LogP contribution in [0.4, 0.5) is 0 Å². The van der Waals surface area contributed by atoms with Gasteiger partial charge in [0.05, 0.1) is 0 Å². The van der Waals surface area contributed by atoms with Crippen LogP contribution < -0.4 is 0 Å². The second-order valence-corrected chi connectivity index (χ2v) is 3.07. The molecule has 0 unspecified atom stereocenters. The van der Waals surface area contributed by atoms with Gasteiger partial charge in [-0.25, -0.2) is 4.79 Å². The summed E-state index contributed by atoms with van der Waals surface area (Å²) in [6.07, 6.45) is 5.79. The highest BCUT2D eigenvalue weighted by Gasteiger charge is 2.24. The molecule has 0 aromatic rings. The number of rotatable bonds is 2. The minimum absolute atomic E-state index is 0.403. The molecule has 1 rings (SSSR count). The number of carbonyl (C=O) groups excluding carboxylic acids is 1. The lowest BCUT2D eigenvalue weighted by Gasteiger charge is -2.25. The van der Waals surface area contributed by atoms with E-state index in [2.05, 4.69) is 13.8 Å². The molecule has 0 aromatic heterocycles. The summed E-state index contributed by atoms with van der Waals surface area (Å²) in [6.45, 7) is 4.65. The number of carboxylic acids is 1. The van der Waals surface area contributed by atoms with Gasteiger partial charge in [-0.3, -0.25) is 4.79 Å². The van der Waals surface area contributed by atoms with E-state index in [1.807, 2.05) is 0 Å². The highest BCUT2D eigenvalue weighted by atomic mass is 16.4. The van der Waals surface area contributed by atoms with E-state index in [0.29, 0.717) is 19.4 Å². The average Bonchev–Trinajstić information content (AvgIpc) is 2.19. The lowest BCUT2D eigenvalue weighted by molar-refractivity contribution is -0.146. The molecule has 80 valence electrons. The van der Waals surface area contributed by atoms with E-state index >= 15 is 0 Å². The van der Waals surface area contributed by atoms with Crippen molar-refractivity contribution in [2.24, 2.45) is 0 Å². The zero-order chi connectivity index (χ0) is 11.0. The molecular weight excluding hydrogens is 182 g/mol. The van der Waals surface area contributed by atoms with E-state index < -0.39 is 12.0 Å². The first kappa shape index (κ1) is 12.7. The van der Waals surface area contributed by atoms with Gasteiger partial charge in [-0.05, 0) is 6.42 Å². The predicted octanol–water partition coefficient (Wildman–Crippen LogP) is 1.27. The smallest absolute Gasteiger partial charge is 0.326 e. The van der Waals surface area contributed by atoms with Gasteiger partial charge >= 0.3 is 5.97 Å². The van der Waals surface area contributed by atoms with Gasteiger partial charge in [0.2, 0.25) is 6.41 Å². The molecule has 0 aliphatic carbocycles. The largest absolute Gasteiger partial charge is 0.480 e. The van der Waals surface area contributed by atoms with Crippen molar-refractivity contribution in [2.45, 2.75) is 32.7 Å². The Kier molecular flexibility index (Phi) is 6.45. The molecule has 4 heteroatoms. The van der Waals surface area contributed by atoms with Crippen LogP contribution in [0.25, 0.3) is 0 Å². The van der Waals surface area contributed by atoms with Gasteiger partial charge in [-0.2, -0.15) is 0 Å². The van der Waals surface area contributed by atoms with Crippen LogP contribution in [0, 0.1) is 0 Å². The third-order valence-electron chi connectivity index (χ3n) is 1.66. The van der Waals surface area contributed by atoms with Crippen molar-refractivity contribution in [2.75, 3.05) is 6.54 Å². The molecule has 0 radical (unpaired) electrons. The van der Waals surface area contributed by atoms with Crippen molar-refractivity contribution < 1.29 is 14.7 Å². The van der Waals surface area contributed by atoms with Crippen LogP contribution in [0.1, 0.15) is 26.7 Å². The van der Waals surface area contributed by atoms with Crippen molar-refractivity contribution in [3.63, 3.8) is 0 Å². The van der Waals surface area contributed by atoms with Crippen LogP contribution in [-0.4, -0.2) is 35.0 Å². The summed E-state index contributed by atoms with van der Waals surface area (Å²) in [5.41, 5.74) is 0. The number of nitrogens with zero attached hydrogens (tertiary/aromatic N) is 1. The minimum Gasteiger partial charge on any atom is -0.480 e. The Morgan fingerprint density at radius 1 is 1.57 bits per heavy atom. The standard InChI is InChI=1S/C7H9NO3.C3H8/c9-5-8-4-2-1-3-6(8)7(10)11;1-3-2/h1-2,5-6H,3-4H2,(H,10,11);3H2,1-2H3/t6-;/m1./s1. The van der Waals surface area contributed by atoms with Crippen LogP contribution in [0.2, 0.25) is 0 Å². The molecule has 1 aliphatic rings. The third kappa shape index (κ3) is 4.07. The first-order valence-electron chi connectivity index (χ1n) is 4.76. The third-order valence-corrected chi connectivity index (χ3v) is 1.66. The maximum Gasteiger partial charge on any atom is 0.326 e. The molecule has 1 amide bonds. The number of carboxylic acid groups (broad SMARTS) is 1. The van der Waals surface area contributed by atoms with E-state index in [1.165, 1.54) is 11.3 Å². The van der Waals surface area contributed by atoms with Gasteiger partial charge < -0.3 is 10.0 Å². The van der Waals surface area contributed by atoms with Gasteiger partial charge in [-0.15, -0.1) is 0 Å². The van der Waals surface area contributed by atoms with Gasteiger partial charge in [0.25, 0.3) is 0 Å². The van der Waals surface area contributed by atoms with Gasteiger partial charge in [-0.1, -0.05) is 32.4 Å². The van der Waals surface area contributed by atoms with E-state index in [9.17, 15) is 9.59 Å². The van der Waals surface area contributed by atoms with Crippen LogP contribution in [0.3, 0.4) is 0 Å². The number of aliphatic carboxylic acids is 1. The van der Waals surface area contributed by atoms with Crippen LogP contribution >= 0.6 is 0 Å². The lowest BCUT2D eigenvalue weighted by atomic mass is 10.1. The molecule has 0 saturated carbocycles. The molecule has 0 spiro atoms. The normalized spacial score (nSPS) is 19.6. The quantitative estimate of drug-likeness (QED) is 0.538. The highest BCUT2D eigenvalue weighted by Crippen LogP contribution is 2.08. The second-order valence-electron chi connectivity index (χ2n) is 3.07. The topological polar surface area (TPSA) is 57.6 Å². The van der Waals surface area contributed by atoms with Crippen LogP contribution in [-0.2, 0) is 9.59 Å². The molecule has 4 nitrogen and oxygen atoms in total. The summed E-state index contributed by atoms with van der Waals surface area (Å²) < 4.78 is 0. The molecule has 0 saturated heterocycles. The maximum absolute atomic E-state index is 10.5. The lowest BCUT2D eigenvalue weighted by Crippen LogP contribution is -2.41. The number of hydrogen-bond acceptors (Lipinski definition) is 2. The second kappa shape index (κ2) is 7.12. The molecular formula is C10H17NO3. The van der Waals surface area contributed by atoms with Gasteiger partial charge in [0.1, 0.15) is 6.04 Å². The van der Waals surface area contributed by atoms with E-state index in [0.717, 1.165) is 0 Å². The molecule has 0 bridgehead atoms. The Labute approximate surface area is 84.2 Å². The molecule has 0 aromatic carbocycles. The van der Waals surface area contributed by atoms with Crippen molar-refractivity contribution in [1.29, 1.82) is 0 Å². The summed E-state index contributed by atoms with van der Waals surface area (Å²) in [5, 5.41) is 8.61.